The molecule has 3 heterocycles. The molecule has 7 rings (SSSR count). The maximum Gasteiger partial charge on any atom is 0.300 e. The molecule has 1 saturated carbocycles. The van der Waals surface area contributed by atoms with Gasteiger partial charge in [0.2, 0.25) is 0 Å². The molecule has 43 heavy (non-hydrogen) atoms. The molecule has 3 aromatic heterocycles. The van der Waals surface area contributed by atoms with Crippen LogP contribution in [0, 0.1) is 12.3 Å². The standard InChI is InChI=1S/C31H27N7O4S/c1-3-19-10-11-20-12-15-23-24(20)25(19)31(40)38(22-8-5-4-6-9-22)27(23)18(2)33-30(39)26-28(34-37-17-7-16-32-29(26)37)36-43(41,42)35-21-13-14-21/h1,4-11,16-18,21,35H,12-15H2,2H3,(H,33,39)(H,34,36)/t18-/m1/s1. The van der Waals surface area contributed by atoms with Crippen molar-refractivity contribution < 1.29 is 13.2 Å². The van der Waals surface area contributed by atoms with Crippen molar-refractivity contribution in [2.45, 2.75) is 44.7 Å². The highest BCUT2D eigenvalue weighted by Gasteiger charge is 2.32. The molecular weight excluding hydrogens is 566 g/mol. The first kappa shape index (κ1) is 26.9. The van der Waals surface area contributed by atoms with Crippen LogP contribution in [-0.4, -0.2) is 39.5 Å². The minimum absolute atomic E-state index is 0.0326. The second kappa shape index (κ2) is 10.1. The fourth-order valence-electron chi connectivity index (χ4n) is 5.91. The molecule has 0 radical (unpaired) electrons. The number of hydrogen-bond acceptors (Lipinski definition) is 6. The number of rotatable bonds is 8. The van der Waals surface area contributed by atoms with Gasteiger partial charge in [-0.2, -0.15) is 13.1 Å². The lowest BCUT2D eigenvalue weighted by Gasteiger charge is -2.24. The van der Waals surface area contributed by atoms with Gasteiger partial charge in [0.15, 0.2) is 11.5 Å². The highest BCUT2D eigenvalue weighted by molar-refractivity contribution is 7.90. The molecule has 1 atom stereocenters. The number of pyridine rings is 1. The van der Waals surface area contributed by atoms with Crippen molar-refractivity contribution in [2.75, 3.05) is 4.72 Å². The topological polar surface area (TPSA) is 139 Å². The molecule has 216 valence electrons. The quantitative estimate of drug-likeness (QED) is 0.237. The number of aromatic nitrogens is 4. The van der Waals surface area contributed by atoms with Gasteiger partial charge in [-0.1, -0.05) is 30.2 Å². The number of nitrogens with zero attached hydrogens (tertiary/aromatic N) is 4. The summed E-state index contributed by atoms with van der Waals surface area (Å²) in [5, 5.41) is 8.63. The van der Waals surface area contributed by atoms with Crippen molar-refractivity contribution in [1.29, 1.82) is 0 Å². The van der Waals surface area contributed by atoms with Crippen LogP contribution in [0.1, 0.15) is 58.5 Å². The molecule has 12 heteroatoms. The van der Waals surface area contributed by atoms with Crippen LogP contribution in [0.3, 0.4) is 0 Å². The molecule has 0 unspecified atom stereocenters. The summed E-state index contributed by atoms with van der Waals surface area (Å²) in [6, 6.07) is 13.8. The van der Waals surface area contributed by atoms with Gasteiger partial charge in [0, 0.05) is 29.7 Å². The average molecular weight is 594 g/mol. The number of terminal acetylenes is 1. The minimum Gasteiger partial charge on any atom is -0.344 e. The van der Waals surface area contributed by atoms with Crippen LogP contribution in [0.15, 0.2) is 65.7 Å². The van der Waals surface area contributed by atoms with E-state index in [1.165, 1.54) is 10.7 Å². The SMILES string of the molecule is C#Cc1ccc2c3c(c([C@@H](C)NC(=O)c4c(NS(=O)(=O)NC5CC5)nn5cccnc45)n(-c4ccccc4)c(=O)c13)CC2. The van der Waals surface area contributed by atoms with E-state index in [0.29, 0.717) is 28.8 Å². The van der Waals surface area contributed by atoms with Gasteiger partial charge in [-0.15, -0.1) is 11.5 Å². The van der Waals surface area contributed by atoms with E-state index in [1.54, 1.807) is 23.8 Å². The Balaban J connectivity index is 1.35. The number of aryl methyl sites for hydroxylation is 2. The van der Waals surface area contributed by atoms with E-state index in [9.17, 15) is 18.0 Å². The van der Waals surface area contributed by atoms with E-state index < -0.39 is 22.2 Å². The van der Waals surface area contributed by atoms with E-state index in [-0.39, 0.29) is 28.6 Å². The zero-order chi connectivity index (χ0) is 29.9. The lowest BCUT2D eigenvalue weighted by Crippen LogP contribution is -2.35. The van der Waals surface area contributed by atoms with E-state index in [0.717, 1.165) is 35.8 Å². The van der Waals surface area contributed by atoms with Gasteiger partial charge in [0.1, 0.15) is 5.56 Å². The van der Waals surface area contributed by atoms with Crippen LogP contribution < -0.4 is 20.3 Å². The first-order chi connectivity index (χ1) is 20.8. The Morgan fingerprint density at radius 3 is 2.63 bits per heavy atom. The van der Waals surface area contributed by atoms with Gasteiger partial charge in [-0.3, -0.25) is 18.9 Å². The van der Waals surface area contributed by atoms with Gasteiger partial charge in [0.05, 0.1) is 17.1 Å². The van der Waals surface area contributed by atoms with Crippen molar-refractivity contribution in [3.63, 3.8) is 0 Å². The summed E-state index contributed by atoms with van der Waals surface area (Å²) in [6.07, 6.45) is 11.8. The van der Waals surface area contributed by atoms with Crippen molar-refractivity contribution in [1.82, 2.24) is 29.2 Å². The molecule has 0 bridgehead atoms. The lowest BCUT2D eigenvalue weighted by molar-refractivity contribution is 0.0941. The maximum absolute atomic E-state index is 14.2. The highest BCUT2D eigenvalue weighted by atomic mass is 32.2. The molecule has 3 N–H and O–H groups in total. The highest BCUT2D eigenvalue weighted by Crippen LogP contribution is 2.36. The Morgan fingerprint density at radius 1 is 1.09 bits per heavy atom. The molecule has 11 nitrogen and oxygen atoms in total. The lowest BCUT2D eigenvalue weighted by atomic mass is 9.97. The van der Waals surface area contributed by atoms with Crippen molar-refractivity contribution in [3.05, 3.63) is 99.2 Å². The predicted octanol–water partition coefficient (Wildman–Crippen LogP) is 3.01. The van der Waals surface area contributed by atoms with Gasteiger partial charge < -0.3 is 5.32 Å². The van der Waals surface area contributed by atoms with Gasteiger partial charge >= 0.3 is 10.2 Å². The molecule has 0 saturated heterocycles. The Bertz CT molecular complexity index is 2160. The molecule has 5 aromatic rings. The maximum atomic E-state index is 14.2. The monoisotopic (exact) mass is 593 g/mol. The third-order valence-electron chi connectivity index (χ3n) is 7.89. The molecular formula is C31H27N7O4S. The summed E-state index contributed by atoms with van der Waals surface area (Å²) < 4.78 is 33.5. The zero-order valence-electron chi connectivity index (χ0n) is 23.2. The summed E-state index contributed by atoms with van der Waals surface area (Å²) in [6.45, 7) is 1.80. The van der Waals surface area contributed by atoms with Gasteiger partial charge in [-0.05, 0) is 73.4 Å². The summed E-state index contributed by atoms with van der Waals surface area (Å²) in [4.78, 5) is 32.5. The number of nitrogens with one attached hydrogen (secondary N) is 3. The largest absolute Gasteiger partial charge is 0.344 e. The molecule has 0 aliphatic heterocycles. The summed E-state index contributed by atoms with van der Waals surface area (Å²) in [7, 11) is -3.98. The van der Waals surface area contributed by atoms with Crippen molar-refractivity contribution in [3.8, 4) is 18.0 Å². The van der Waals surface area contributed by atoms with Crippen LogP contribution in [-0.2, 0) is 23.1 Å². The Kier molecular flexibility index (Phi) is 6.30. The second-order valence-electron chi connectivity index (χ2n) is 10.8. The second-order valence-corrected chi connectivity index (χ2v) is 12.3. The third kappa shape index (κ3) is 4.63. The number of para-hydroxylation sites is 1. The van der Waals surface area contributed by atoms with E-state index in [4.69, 9.17) is 6.42 Å². The molecule has 2 aliphatic carbocycles. The van der Waals surface area contributed by atoms with Gasteiger partial charge in [-0.25, -0.2) is 9.50 Å². The number of benzene rings is 2. The molecule has 1 amide bonds. The number of hydrogen-bond donors (Lipinski definition) is 3. The predicted molar refractivity (Wildman–Crippen MR) is 162 cm³/mol. The number of fused-ring (bicyclic) bond motifs is 1. The van der Waals surface area contributed by atoms with Crippen LogP contribution in [0.5, 0.6) is 0 Å². The number of amides is 1. The zero-order valence-corrected chi connectivity index (χ0v) is 24.0. The number of carbonyl (C=O) groups excluding carboxylic acids is 1. The molecule has 0 spiro atoms. The van der Waals surface area contributed by atoms with Crippen LogP contribution in [0.2, 0.25) is 0 Å². The number of carbonyl (C=O) groups is 1. The normalized spacial score (nSPS) is 15.0. The summed E-state index contributed by atoms with van der Waals surface area (Å²) in [5.74, 6) is 1.92. The molecule has 2 aromatic carbocycles. The van der Waals surface area contributed by atoms with Crippen LogP contribution in [0.25, 0.3) is 22.1 Å². The smallest absolute Gasteiger partial charge is 0.300 e. The fraction of sp³-hybridized carbons (Fsp3) is 0.226. The average Bonchev–Trinajstić information content (AvgIpc) is 3.57. The Morgan fingerprint density at radius 2 is 1.88 bits per heavy atom. The van der Waals surface area contributed by atoms with E-state index in [1.807, 2.05) is 42.5 Å². The van der Waals surface area contributed by atoms with Gasteiger partial charge in [0.25, 0.3) is 11.5 Å². The first-order valence-electron chi connectivity index (χ1n) is 14.0. The van der Waals surface area contributed by atoms with Crippen LogP contribution in [0.4, 0.5) is 5.82 Å². The van der Waals surface area contributed by atoms with Crippen LogP contribution >= 0.6 is 0 Å². The minimum atomic E-state index is -3.98. The summed E-state index contributed by atoms with van der Waals surface area (Å²) >= 11 is 0. The third-order valence-corrected chi connectivity index (χ3v) is 8.99. The van der Waals surface area contributed by atoms with Crippen molar-refractivity contribution in [2.24, 2.45) is 0 Å². The van der Waals surface area contributed by atoms with E-state index >= 15 is 0 Å². The summed E-state index contributed by atoms with van der Waals surface area (Å²) in [5.41, 5.74) is 3.64. The van der Waals surface area contributed by atoms with E-state index in [2.05, 4.69) is 30.8 Å². The molecule has 1 fully saturated rings. The Labute approximate surface area is 247 Å². The van der Waals surface area contributed by atoms with Crippen molar-refractivity contribution >= 4 is 38.4 Å². The fourth-order valence-corrected chi connectivity index (χ4v) is 7.04. The molecule has 2 aliphatic rings. The Hall–Kier alpha value is -4.99. The first-order valence-corrected chi connectivity index (χ1v) is 15.4. The number of anilines is 1.